The van der Waals surface area contributed by atoms with Crippen LogP contribution in [0, 0.1) is 0 Å². The molecule has 0 fully saturated rings. The summed E-state index contributed by atoms with van der Waals surface area (Å²) in [4.78, 5) is 33.4. The third-order valence-electron chi connectivity index (χ3n) is 3.46. The van der Waals surface area contributed by atoms with E-state index in [1.165, 1.54) is 18.0 Å². The summed E-state index contributed by atoms with van der Waals surface area (Å²) >= 11 is 12.3. The van der Waals surface area contributed by atoms with Gasteiger partial charge >= 0.3 is 0 Å². The van der Waals surface area contributed by atoms with Gasteiger partial charge in [0.25, 0.3) is 5.91 Å². The smallest absolute Gasteiger partial charge is 0.272 e. The summed E-state index contributed by atoms with van der Waals surface area (Å²) in [5, 5.41) is 6.13. The van der Waals surface area contributed by atoms with Crippen LogP contribution in [-0.4, -0.2) is 46.1 Å². The summed E-state index contributed by atoms with van der Waals surface area (Å²) in [6, 6.07) is 6.51. The van der Waals surface area contributed by atoms with Gasteiger partial charge < -0.3 is 10.6 Å². The second kappa shape index (κ2) is 10.9. The van der Waals surface area contributed by atoms with Crippen molar-refractivity contribution < 1.29 is 9.59 Å². The lowest BCUT2D eigenvalue weighted by Crippen LogP contribution is -2.44. The van der Waals surface area contributed by atoms with Crippen LogP contribution in [0.2, 0.25) is 5.02 Å². The molecular weight excluding hydrogens is 472 g/mol. The van der Waals surface area contributed by atoms with E-state index in [-0.39, 0.29) is 16.6 Å². The molecule has 6 nitrogen and oxygen atoms in total. The van der Waals surface area contributed by atoms with Gasteiger partial charge in [0.2, 0.25) is 5.91 Å². The second-order valence-corrected chi connectivity index (χ2v) is 8.44. The quantitative estimate of drug-likeness (QED) is 0.429. The van der Waals surface area contributed by atoms with Crippen LogP contribution in [0.5, 0.6) is 0 Å². The summed E-state index contributed by atoms with van der Waals surface area (Å²) < 4.78 is 0.913. The van der Waals surface area contributed by atoms with Gasteiger partial charge in [-0.25, -0.2) is 9.97 Å². The molecule has 0 bridgehead atoms. The maximum absolute atomic E-state index is 12.7. The molecule has 27 heavy (non-hydrogen) atoms. The zero-order valence-corrected chi connectivity index (χ0v) is 18.6. The minimum Gasteiger partial charge on any atom is -0.339 e. The second-order valence-electron chi connectivity index (χ2n) is 5.36. The molecule has 0 aliphatic carbocycles. The molecule has 0 unspecified atom stereocenters. The predicted molar refractivity (Wildman–Crippen MR) is 116 cm³/mol. The number of nitrogens with one attached hydrogen (secondary N) is 2. The Morgan fingerprint density at radius 2 is 1.96 bits per heavy atom. The van der Waals surface area contributed by atoms with Crippen LogP contribution in [0.4, 0.5) is 5.69 Å². The maximum Gasteiger partial charge on any atom is 0.272 e. The van der Waals surface area contributed by atoms with Crippen molar-refractivity contribution in [3.8, 4) is 0 Å². The normalized spacial score (nSPS) is 11.7. The molecule has 0 radical (unpaired) electrons. The average molecular weight is 490 g/mol. The molecule has 0 aliphatic heterocycles. The molecule has 1 aromatic carbocycles. The molecule has 0 saturated heterocycles. The molecule has 2 rings (SSSR count). The van der Waals surface area contributed by atoms with Gasteiger partial charge in [-0.1, -0.05) is 39.3 Å². The number of rotatable bonds is 8. The van der Waals surface area contributed by atoms with Gasteiger partial charge in [0, 0.05) is 10.2 Å². The van der Waals surface area contributed by atoms with Crippen LogP contribution in [0.3, 0.4) is 0 Å². The largest absolute Gasteiger partial charge is 0.339 e. The van der Waals surface area contributed by atoms with E-state index in [4.69, 9.17) is 11.6 Å². The highest BCUT2D eigenvalue weighted by Gasteiger charge is 2.23. The van der Waals surface area contributed by atoms with Crippen LogP contribution in [0.15, 0.2) is 40.1 Å². The Morgan fingerprint density at radius 3 is 2.59 bits per heavy atom. The Kier molecular flexibility index (Phi) is 8.88. The fraction of sp³-hybridized carbons (Fsp3) is 0.294. The standard InChI is InChI=1S/C17H18BrClN4O2S2/c1-26-8-7-13(15(24)21-11-5-3-10(18)4-6-11)22-16(25)14-12(19)9-20-17(23-14)27-2/h3-6,9,13H,7-8H2,1-2H3,(H,21,24)(H,22,25)/t13-/m1/s1. The average Bonchev–Trinajstić information content (AvgIpc) is 2.67. The lowest BCUT2D eigenvalue weighted by Gasteiger charge is -2.18. The number of carbonyl (C=O) groups excluding carboxylic acids is 2. The van der Waals surface area contributed by atoms with Gasteiger partial charge in [-0.15, -0.1) is 0 Å². The van der Waals surface area contributed by atoms with E-state index < -0.39 is 11.9 Å². The van der Waals surface area contributed by atoms with Gasteiger partial charge in [0.15, 0.2) is 10.9 Å². The number of hydrogen-bond acceptors (Lipinski definition) is 6. The van der Waals surface area contributed by atoms with Crippen molar-refractivity contribution in [2.45, 2.75) is 17.6 Å². The maximum atomic E-state index is 12.7. The zero-order valence-electron chi connectivity index (χ0n) is 14.7. The van der Waals surface area contributed by atoms with E-state index in [2.05, 4.69) is 36.5 Å². The molecule has 1 aromatic heterocycles. The molecule has 144 valence electrons. The van der Waals surface area contributed by atoms with Gasteiger partial charge in [0.1, 0.15) is 6.04 Å². The predicted octanol–water partition coefficient (Wildman–Crippen LogP) is 4.10. The van der Waals surface area contributed by atoms with E-state index >= 15 is 0 Å². The van der Waals surface area contributed by atoms with Gasteiger partial charge in [0.05, 0.1) is 11.2 Å². The number of anilines is 1. The first kappa shape index (κ1) is 22.0. The number of benzene rings is 1. The van der Waals surface area contributed by atoms with Gasteiger partial charge in [-0.05, 0) is 49.0 Å². The van der Waals surface area contributed by atoms with E-state index in [0.717, 1.165) is 4.47 Å². The van der Waals surface area contributed by atoms with E-state index in [1.807, 2.05) is 18.4 Å². The SMILES string of the molecule is CSCC[C@@H](NC(=O)c1nc(SC)ncc1Cl)C(=O)Nc1ccc(Br)cc1. The van der Waals surface area contributed by atoms with Crippen LogP contribution >= 0.6 is 51.1 Å². The molecule has 10 heteroatoms. The number of carbonyl (C=O) groups is 2. The highest BCUT2D eigenvalue weighted by Crippen LogP contribution is 2.18. The first-order valence-corrected chi connectivity index (χ1v) is 11.7. The highest BCUT2D eigenvalue weighted by molar-refractivity contribution is 9.10. The third-order valence-corrected chi connectivity index (χ3v) is 5.47. The van der Waals surface area contributed by atoms with Gasteiger partial charge in [-0.2, -0.15) is 11.8 Å². The Hall–Kier alpha value is -1.29. The molecule has 2 amide bonds. The molecule has 0 saturated carbocycles. The lowest BCUT2D eigenvalue weighted by molar-refractivity contribution is -0.118. The van der Waals surface area contributed by atoms with Crippen molar-refractivity contribution in [1.82, 2.24) is 15.3 Å². The Labute approximate surface area is 179 Å². The fourth-order valence-corrected chi connectivity index (χ4v) is 3.36. The summed E-state index contributed by atoms with van der Waals surface area (Å²) in [6.45, 7) is 0. The molecule has 0 spiro atoms. The molecule has 2 N–H and O–H groups in total. The number of amides is 2. The first-order valence-electron chi connectivity index (χ1n) is 7.87. The summed E-state index contributed by atoms with van der Waals surface area (Å²) in [6.07, 6.45) is 5.61. The first-order chi connectivity index (χ1) is 12.9. The van der Waals surface area contributed by atoms with Crippen LogP contribution in [0.25, 0.3) is 0 Å². The summed E-state index contributed by atoms with van der Waals surface area (Å²) in [7, 11) is 0. The van der Waals surface area contributed by atoms with Crippen molar-refractivity contribution in [3.05, 3.63) is 45.7 Å². The summed E-state index contributed by atoms with van der Waals surface area (Å²) in [5.41, 5.74) is 0.706. The molecule has 0 aliphatic rings. The molecule has 1 heterocycles. The minimum absolute atomic E-state index is 0.0570. The van der Waals surface area contributed by atoms with Crippen molar-refractivity contribution in [2.24, 2.45) is 0 Å². The Morgan fingerprint density at radius 1 is 1.26 bits per heavy atom. The highest BCUT2D eigenvalue weighted by atomic mass is 79.9. The lowest BCUT2D eigenvalue weighted by atomic mass is 10.2. The van der Waals surface area contributed by atoms with Crippen molar-refractivity contribution >= 4 is 68.6 Å². The number of aromatic nitrogens is 2. The third kappa shape index (κ3) is 6.67. The summed E-state index contributed by atoms with van der Waals surface area (Å²) in [5.74, 6) is -0.0866. The number of halogens is 2. The van der Waals surface area contributed by atoms with Crippen molar-refractivity contribution in [2.75, 3.05) is 23.6 Å². The minimum atomic E-state index is -0.711. The number of hydrogen-bond donors (Lipinski definition) is 2. The molecule has 2 aromatic rings. The van der Waals surface area contributed by atoms with Crippen LogP contribution < -0.4 is 10.6 Å². The monoisotopic (exact) mass is 488 g/mol. The van der Waals surface area contributed by atoms with Crippen LogP contribution in [-0.2, 0) is 4.79 Å². The molecular formula is C17H18BrClN4O2S2. The van der Waals surface area contributed by atoms with Crippen molar-refractivity contribution in [3.63, 3.8) is 0 Å². The fourth-order valence-electron chi connectivity index (χ4n) is 2.10. The Balaban J connectivity index is 2.14. The van der Waals surface area contributed by atoms with E-state index in [1.54, 1.807) is 30.2 Å². The van der Waals surface area contributed by atoms with Crippen molar-refractivity contribution in [1.29, 1.82) is 0 Å². The van der Waals surface area contributed by atoms with E-state index in [0.29, 0.717) is 23.0 Å². The van der Waals surface area contributed by atoms with Gasteiger partial charge in [-0.3, -0.25) is 9.59 Å². The zero-order chi connectivity index (χ0) is 19.8. The number of nitrogens with zero attached hydrogens (tertiary/aromatic N) is 2. The molecule has 1 atom stereocenters. The number of thioether (sulfide) groups is 2. The van der Waals surface area contributed by atoms with E-state index in [9.17, 15) is 9.59 Å². The Bertz CT molecular complexity index is 808. The topological polar surface area (TPSA) is 84.0 Å². The van der Waals surface area contributed by atoms with Crippen LogP contribution in [0.1, 0.15) is 16.9 Å².